The Bertz CT molecular complexity index is 872. The molecule has 0 unspecified atom stereocenters. The molecule has 5 heteroatoms. The Morgan fingerprint density at radius 2 is 1.27 bits per heavy atom. The summed E-state index contributed by atoms with van der Waals surface area (Å²) in [6.07, 6.45) is -0.656. The van der Waals surface area contributed by atoms with Crippen molar-refractivity contribution in [3.8, 4) is 0 Å². The van der Waals surface area contributed by atoms with Gasteiger partial charge < -0.3 is 0 Å². The van der Waals surface area contributed by atoms with Crippen molar-refractivity contribution in [2.75, 3.05) is 5.06 Å². The molecule has 0 aromatic heterocycles. The van der Waals surface area contributed by atoms with Gasteiger partial charge in [0.1, 0.15) is 0 Å². The van der Waals surface area contributed by atoms with Crippen molar-refractivity contribution in [3.05, 3.63) is 112 Å². The van der Waals surface area contributed by atoms with Gasteiger partial charge in [0.05, 0.1) is 5.69 Å². The summed E-state index contributed by atoms with van der Waals surface area (Å²) in [6.45, 7) is 0. The average Bonchev–Trinajstić information content (AvgIpc) is 3.11. The van der Waals surface area contributed by atoms with E-state index in [-0.39, 0.29) is 4.92 Å². The molecule has 0 bridgehead atoms. The predicted molar refractivity (Wildman–Crippen MR) is 99.2 cm³/mol. The number of hydrogen-bond donors (Lipinski definition) is 0. The van der Waals surface area contributed by atoms with Gasteiger partial charge in [-0.25, -0.2) is 5.06 Å². The second kappa shape index (κ2) is 6.98. The molecule has 0 amide bonds. The zero-order valence-corrected chi connectivity index (χ0v) is 14.0. The highest BCUT2D eigenvalue weighted by atomic mass is 16.7. The van der Waals surface area contributed by atoms with Crippen molar-refractivity contribution >= 4 is 5.69 Å². The summed E-state index contributed by atoms with van der Waals surface area (Å²) >= 11 is 0. The number of nitrogens with zero attached hydrogens (tertiary/aromatic N) is 2. The van der Waals surface area contributed by atoms with Gasteiger partial charge in [0.15, 0.2) is 12.1 Å². The lowest BCUT2D eigenvalue weighted by molar-refractivity contribution is -0.531. The number of nitro groups is 1. The fourth-order valence-corrected chi connectivity index (χ4v) is 3.46. The zero-order chi connectivity index (χ0) is 17.9. The summed E-state index contributed by atoms with van der Waals surface area (Å²) < 4.78 is 0. The van der Waals surface area contributed by atoms with Gasteiger partial charge in [0, 0.05) is 4.92 Å². The van der Waals surface area contributed by atoms with E-state index in [4.69, 9.17) is 4.84 Å². The first-order valence-corrected chi connectivity index (χ1v) is 8.50. The standard InChI is InChI=1S/C21H18N2O3/c24-23(25)20-19(16-10-4-1-5-11-16)22(18-14-8-3-9-15-18)26-21(20)17-12-6-2-7-13-17/h1-15,19-21H/t19-,20-,21+/m1/s1. The minimum Gasteiger partial charge on any atom is -0.264 e. The smallest absolute Gasteiger partial charge is 0.264 e. The summed E-state index contributed by atoms with van der Waals surface area (Å²) in [5.74, 6) is 0. The second-order valence-corrected chi connectivity index (χ2v) is 6.23. The maximum absolute atomic E-state index is 12.0. The number of para-hydroxylation sites is 1. The SMILES string of the molecule is O=[N+]([O-])[C@@H]1[C@@H](c2ccccc2)N(c2ccccc2)O[C@H]1c1ccccc1. The molecule has 4 rings (SSSR count). The number of hydrogen-bond acceptors (Lipinski definition) is 4. The highest BCUT2D eigenvalue weighted by Gasteiger charge is 2.53. The minimum absolute atomic E-state index is 0.224. The van der Waals surface area contributed by atoms with E-state index in [0.29, 0.717) is 0 Å². The molecule has 5 nitrogen and oxygen atoms in total. The highest BCUT2D eigenvalue weighted by Crippen LogP contribution is 2.45. The van der Waals surface area contributed by atoms with Crippen LogP contribution in [0, 0.1) is 10.1 Å². The first-order chi connectivity index (χ1) is 12.8. The minimum atomic E-state index is -0.917. The lowest BCUT2D eigenvalue weighted by Crippen LogP contribution is -2.32. The van der Waals surface area contributed by atoms with E-state index in [1.807, 2.05) is 91.0 Å². The predicted octanol–water partition coefficient (Wildman–Crippen LogP) is 4.57. The van der Waals surface area contributed by atoms with Crippen LogP contribution in [0.5, 0.6) is 0 Å². The highest BCUT2D eigenvalue weighted by molar-refractivity contribution is 5.48. The largest absolute Gasteiger partial charge is 0.272 e. The first-order valence-electron chi connectivity index (χ1n) is 8.50. The Morgan fingerprint density at radius 3 is 1.81 bits per heavy atom. The van der Waals surface area contributed by atoms with Crippen molar-refractivity contribution in [1.29, 1.82) is 0 Å². The van der Waals surface area contributed by atoms with E-state index in [2.05, 4.69) is 0 Å². The maximum Gasteiger partial charge on any atom is 0.272 e. The Hall–Kier alpha value is -3.18. The van der Waals surface area contributed by atoms with Crippen LogP contribution >= 0.6 is 0 Å². The third kappa shape index (κ3) is 2.93. The van der Waals surface area contributed by atoms with Crippen molar-refractivity contribution in [2.45, 2.75) is 18.2 Å². The molecule has 3 aromatic rings. The van der Waals surface area contributed by atoms with Gasteiger partial charge in [0.2, 0.25) is 0 Å². The molecule has 0 radical (unpaired) electrons. The molecule has 1 aliphatic rings. The molecule has 1 aliphatic heterocycles. The Balaban J connectivity index is 1.83. The molecule has 3 atom stereocenters. The average molecular weight is 346 g/mol. The summed E-state index contributed by atoms with van der Waals surface area (Å²) in [5.41, 5.74) is 2.46. The maximum atomic E-state index is 12.0. The lowest BCUT2D eigenvalue weighted by Gasteiger charge is -2.24. The van der Waals surface area contributed by atoms with Gasteiger partial charge in [-0.05, 0) is 23.3 Å². The van der Waals surface area contributed by atoms with Crippen LogP contribution in [0.3, 0.4) is 0 Å². The van der Waals surface area contributed by atoms with E-state index < -0.39 is 18.2 Å². The molecular formula is C21H18N2O3. The molecule has 0 N–H and O–H groups in total. The van der Waals surface area contributed by atoms with Gasteiger partial charge in [0.25, 0.3) is 6.04 Å². The normalized spacial score (nSPS) is 22.3. The van der Waals surface area contributed by atoms with E-state index >= 15 is 0 Å². The third-order valence-electron chi connectivity index (χ3n) is 4.64. The van der Waals surface area contributed by atoms with Crippen molar-refractivity contribution in [2.24, 2.45) is 0 Å². The first kappa shape index (κ1) is 16.3. The van der Waals surface area contributed by atoms with Crippen molar-refractivity contribution < 1.29 is 9.76 Å². The second-order valence-electron chi connectivity index (χ2n) is 6.23. The van der Waals surface area contributed by atoms with Crippen LogP contribution in [0.2, 0.25) is 0 Å². The molecule has 0 saturated carbocycles. The van der Waals surface area contributed by atoms with Gasteiger partial charge in [-0.2, -0.15) is 0 Å². The van der Waals surface area contributed by atoms with Crippen LogP contribution < -0.4 is 5.06 Å². The van der Waals surface area contributed by atoms with Crippen LogP contribution in [0.25, 0.3) is 0 Å². The van der Waals surface area contributed by atoms with Crippen LogP contribution in [0.1, 0.15) is 23.3 Å². The van der Waals surface area contributed by atoms with Crippen molar-refractivity contribution in [3.63, 3.8) is 0 Å². The van der Waals surface area contributed by atoms with Crippen LogP contribution in [0.4, 0.5) is 5.69 Å². The summed E-state index contributed by atoms with van der Waals surface area (Å²) in [7, 11) is 0. The van der Waals surface area contributed by atoms with Crippen LogP contribution in [-0.2, 0) is 4.84 Å². The molecule has 0 spiro atoms. The van der Waals surface area contributed by atoms with E-state index in [1.165, 1.54) is 0 Å². The van der Waals surface area contributed by atoms with Crippen molar-refractivity contribution in [1.82, 2.24) is 0 Å². The summed E-state index contributed by atoms with van der Waals surface area (Å²) in [5, 5.41) is 13.7. The third-order valence-corrected chi connectivity index (χ3v) is 4.64. The van der Waals surface area contributed by atoms with Crippen LogP contribution in [0.15, 0.2) is 91.0 Å². The summed E-state index contributed by atoms with van der Waals surface area (Å²) in [4.78, 5) is 18.0. The fraction of sp³-hybridized carbons (Fsp3) is 0.143. The van der Waals surface area contributed by atoms with Gasteiger partial charge in [-0.1, -0.05) is 78.9 Å². The molecule has 0 aliphatic carbocycles. The molecule has 3 aromatic carbocycles. The monoisotopic (exact) mass is 346 g/mol. The molecule has 130 valence electrons. The Kier molecular flexibility index (Phi) is 4.37. The summed E-state index contributed by atoms with van der Waals surface area (Å²) in [6, 6.07) is 27.0. The number of anilines is 1. The van der Waals surface area contributed by atoms with E-state index in [1.54, 1.807) is 5.06 Å². The molecule has 1 heterocycles. The number of benzene rings is 3. The zero-order valence-electron chi connectivity index (χ0n) is 14.0. The number of rotatable bonds is 4. The lowest BCUT2D eigenvalue weighted by atomic mass is 9.93. The molecule has 1 saturated heterocycles. The Morgan fingerprint density at radius 1 is 0.769 bits per heavy atom. The fourth-order valence-electron chi connectivity index (χ4n) is 3.46. The number of hydroxylamine groups is 1. The van der Waals surface area contributed by atoms with Gasteiger partial charge in [-0.3, -0.25) is 15.0 Å². The molecular weight excluding hydrogens is 328 g/mol. The molecule has 26 heavy (non-hydrogen) atoms. The topological polar surface area (TPSA) is 55.6 Å². The van der Waals surface area contributed by atoms with E-state index in [0.717, 1.165) is 16.8 Å². The van der Waals surface area contributed by atoms with Crippen LogP contribution in [-0.4, -0.2) is 11.0 Å². The van der Waals surface area contributed by atoms with Gasteiger partial charge >= 0.3 is 0 Å². The Labute approximate surface area is 151 Å². The van der Waals surface area contributed by atoms with E-state index in [9.17, 15) is 10.1 Å². The molecule has 1 fully saturated rings. The van der Waals surface area contributed by atoms with Gasteiger partial charge in [-0.15, -0.1) is 0 Å². The quantitative estimate of drug-likeness (QED) is 0.513.